The Balaban J connectivity index is 2.14. The molecule has 116 valence electrons. The SMILES string of the molecule is COc1ccc(CN(C)C(=O)c2ccc(=O)[nH]n2)cc1OC. The number of H-pyrrole nitrogens is 1. The summed E-state index contributed by atoms with van der Waals surface area (Å²) in [5.74, 6) is 0.941. The summed E-state index contributed by atoms with van der Waals surface area (Å²) in [6.45, 7) is 0.375. The van der Waals surface area contributed by atoms with Crippen molar-refractivity contribution in [2.45, 2.75) is 6.54 Å². The van der Waals surface area contributed by atoms with Crippen LogP contribution in [-0.2, 0) is 6.54 Å². The van der Waals surface area contributed by atoms with Gasteiger partial charge in [0.1, 0.15) is 5.69 Å². The summed E-state index contributed by atoms with van der Waals surface area (Å²) >= 11 is 0. The minimum absolute atomic E-state index is 0.183. The van der Waals surface area contributed by atoms with Gasteiger partial charge in [-0.3, -0.25) is 9.59 Å². The number of nitrogens with zero attached hydrogens (tertiary/aromatic N) is 2. The average molecular weight is 303 g/mol. The molecule has 0 atom stereocenters. The Labute approximate surface area is 127 Å². The highest BCUT2D eigenvalue weighted by molar-refractivity contribution is 5.91. The van der Waals surface area contributed by atoms with E-state index in [0.717, 1.165) is 5.56 Å². The maximum absolute atomic E-state index is 12.2. The highest BCUT2D eigenvalue weighted by Crippen LogP contribution is 2.27. The van der Waals surface area contributed by atoms with Crippen molar-refractivity contribution in [2.24, 2.45) is 0 Å². The number of hydrogen-bond donors (Lipinski definition) is 1. The number of carbonyl (C=O) groups excluding carboxylic acids is 1. The fraction of sp³-hybridized carbons (Fsp3) is 0.267. The first-order chi connectivity index (χ1) is 10.5. The molecule has 1 aromatic carbocycles. The summed E-state index contributed by atoms with van der Waals surface area (Å²) in [7, 11) is 4.78. The Hall–Kier alpha value is -2.83. The Morgan fingerprint density at radius 2 is 1.91 bits per heavy atom. The van der Waals surface area contributed by atoms with Gasteiger partial charge in [0.25, 0.3) is 11.5 Å². The molecule has 0 unspecified atom stereocenters. The van der Waals surface area contributed by atoms with Gasteiger partial charge in [-0.05, 0) is 23.8 Å². The number of methoxy groups -OCH3 is 2. The summed E-state index contributed by atoms with van der Waals surface area (Å²) in [6, 6.07) is 8.11. The summed E-state index contributed by atoms with van der Waals surface area (Å²) in [5.41, 5.74) is 0.722. The quantitative estimate of drug-likeness (QED) is 0.893. The molecule has 2 rings (SSSR count). The first-order valence-corrected chi connectivity index (χ1v) is 6.57. The number of nitrogens with one attached hydrogen (secondary N) is 1. The van der Waals surface area contributed by atoms with Gasteiger partial charge >= 0.3 is 0 Å². The molecule has 0 radical (unpaired) electrons. The monoisotopic (exact) mass is 303 g/mol. The maximum atomic E-state index is 12.2. The lowest BCUT2D eigenvalue weighted by Crippen LogP contribution is -2.28. The molecule has 0 spiro atoms. The fourth-order valence-electron chi connectivity index (χ4n) is 1.98. The van der Waals surface area contributed by atoms with Gasteiger partial charge in [-0.15, -0.1) is 0 Å². The van der Waals surface area contributed by atoms with E-state index in [1.165, 1.54) is 17.0 Å². The van der Waals surface area contributed by atoms with E-state index in [9.17, 15) is 9.59 Å². The smallest absolute Gasteiger partial charge is 0.274 e. The second-order valence-electron chi connectivity index (χ2n) is 4.66. The number of rotatable bonds is 5. The standard InChI is InChI=1S/C15H17N3O4/c1-18(15(20)11-5-7-14(19)17-16-11)9-10-4-6-12(21-2)13(8-10)22-3/h4-8H,9H2,1-3H3,(H,17,19). The third kappa shape index (κ3) is 3.43. The molecule has 0 saturated heterocycles. The predicted molar refractivity (Wildman–Crippen MR) is 80.2 cm³/mol. The number of amides is 1. The van der Waals surface area contributed by atoms with E-state index in [1.807, 2.05) is 12.1 Å². The Bertz CT molecular complexity index is 706. The van der Waals surface area contributed by atoms with Gasteiger partial charge in [0.2, 0.25) is 0 Å². The van der Waals surface area contributed by atoms with E-state index >= 15 is 0 Å². The van der Waals surface area contributed by atoms with E-state index in [1.54, 1.807) is 27.3 Å². The van der Waals surface area contributed by atoms with Crippen LogP contribution in [0.25, 0.3) is 0 Å². The minimum atomic E-state index is -0.348. The zero-order valence-corrected chi connectivity index (χ0v) is 12.6. The minimum Gasteiger partial charge on any atom is -0.493 e. The van der Waals surface area contributed by atoms with E-state index < -0.39 is 0 Å². The van der Waals surface area contributed by atoms with Crippen LogP contribution in [0.2, 0.25) is 0 Å². The van der Waals surface area contributed by atoms with Gasteiger partial charge in [0.05, 0.1) is 14.2 Å². The lowest BCUT2D eigenvalue weighted by atomic mass is 10.2. The molecule has 0 saturated carbocycles. The van der Waals surface area contributed by atoms with Crippen molar-refractivity contribution in [3.05, 3.63) is 51.9 Å². The molecule has 0 bridgehead atoms. The molecule has 2 aromatic rings. The number of hydrogen-bond acceptors (Lipinski definition) is 5. The number of ether oxygens (including phenoxy) is 2. The van der Waals surface area contributed by atoms with Crippen LogP contribution in [0.1, 0.15) is 16.1 Å². The molecule has 7 nitrogen and oxygen atoms in total. The molecule has 1 heterocycles. The Morgan fingerprint density at radius 3 is 2.50 bits per heavy atom. The van der Waals surface area contributed by atoms with E-state index in [0.29, 0.717) is 18.0 Å². The van der Waals surface area contributed by atoms with Crippen LogP contribution < -0.4 is 15.0 Å². The highest BCUT2D eigenvalue weighted by Gasteiger charge is 2.14. The number of aromatic nitrogens is 2. The van der Waals surface area contributed by atoms with Gasteiger partial charge in [-0.25, -0.2) is 5.10 Å². The molecule has 22 heavy (non-hydrogen) atoms. The van der Waals surface area contributed by atoms with Gasteiger partial charge < -0.3 is 14.4 Å². The van der Waals surface area contributed by atoms with Crippen LogP contribution >= 0.6 is 0 Å². The molecule has 1 aromatic heterocycles. The molecular weight excluding hydrogens is 286 g/mol. The van der Waals surface area contributed by atoms with Crippen LogP contribution in [0.4, 0.5) is 0 Å². The van der Waals surface area contributed by atoms with Crippen LogP contribution in [0.5, 0.6) is 11.5 Å². The molecular formula is C15H17N3O4. The fourth-order valence-corrected chi connectivity index (χ4v) is 1.98. The number of aromatic amines is 1. The second kappa shape index (κ2) is 6.75. The van der Waals surface area contributed by atoms with Gasteiger partial charge in [-0.2, -0.15) is 5.10 Å². The predicted octanol–water partition coefficient (Wildman–Crippen LogP) is 1.06. The van der Waals surface area contributed by atoms with Crippen molar-refractivity contribution in [3.63, 3.8) is 0 Å². The Kier molecular flexibility index (Phi) is 4.77. The van der Waals surface area contributed by atoms with Gasteiger partial charge in [-0.1, -0.05) is 6.07 Å². The first-order valence-electron chi connectivity index (χ1n) is 6.57. The largest absolute Gasteiger partial charge is 0.493 e. The van der Waals surface area contributed by atoms with Crippen LogP contribution in [0.3, 0.4) is 0 Å². The lowest BCUT2D eigenvalue weighted by Gasteiger charge is -2.17. The topological polar surface area (TPSA) is 84.5 Å². The van der Waals surface area contributed by atoms with Crippen LogP contribution in [0.15, 0.2) is 35.1 Å². The zero-order valence-electron chi connectivity index (χ0n) is 12.6. The molecule has 0 aliphatic rings. The third-order valence-corrected chi connectivity index (χ3v) is 3.11. The normalized spacial score (nSPS) is 10.1. The summed E-state index contributed by atoms with van der Waals surface area (Å²) in [4.78, 5) is 24.7. The van der Waals surface area contributed by atoms with Gasteiger partial charge in [0.15, 0.2) is 11.5 Å². The van der Waals surface area contributed by atoms with Crippen LogP contribution in [-0.4, -0.2) is 42.3 Å². The second-order valence-corrected chi connectivity index (χ2v) is 4.66. The van der Waals surface area contributed by atoms with Crippen molar-refractivity contribution in [1.82, 2.24) is 15.1 Å². The number of carbonyl (C=O) groups is 1. The van der Waals surface area contributed by atoms with Crippen molar-refractivity contribution in [2.75, 3.05) is 21.3 Å². The number of benzene rings is 1. The first kappa shape index (κ1) is 15.6. The van der Waals surface area contributed by atoms with E-state index in [4.69, 9.17) is 9.47 Å². The van der Waals surface area contributed by atoms with Crippen molar-refractivity contribution >= 4 is 5.91 Å². The zero-order chi connectivity index (χ0) is 16.1. The molecule has 0 aliphatic carbocycles. The molecule has 0 fully saturated rings. The maximum Gasteiger partial charge on any atom is 0.274 e. The van der Waals surface area contributed by atoms with Crippen molar-refractivity contribution < 1.29 is 14.3 Å². The van der Waals surface area contributed by atoms with E-state index in [2.05, 4.69) is 10.2 Å². The Morgan fingerprint density at radius 1 is 1.18 bits per heavy atom. The van der Waals surface area contributed by atoms with Gasteiger partial charge in [0, 0.05) is 19.7 Å². The molecule has 1 N–H and O–H groups in total. The summed E-state index contributed by atoms with van der Waals surface area (Å²) in [6.07, 6.45) is 0. The van der Waals surface area contributed by atoms with Crippen LogP contribution in [0, 0.1) is 0 Å². The van der Waals surface area contributed by atoms with Crippen molar-refractivity contribution in [1.29, 1.82) is 0 Å². The summed E-state index contributed by atoms with van der Waals surface area (Å²) in [5, 5.41) is 5.97. The average Bonchev–Trinajstić information content (AvgIpc) is 2.54. The molecule has 0 aliphatic heterocycles. The third-order valence-electron chi connectivity index (χ3n) is 3.11. The van der Waals surface area contributed by atoms with Crippen molar-refractivity contribution in [3.8, 4) is 11.5 Å². The summed E-state index contributed by atoms with van der Waals surface area (Å²) < 4.78 is 10.4. The lowest BCUT2D eigenvalue weighted by molar-refractivity contribution is 0.0778. The highest BCUT2D eigenvalue weighted by atomic mass is 16.5. The molecule has 7 heteroatoms. The molecule has 1 amide bonds. The van der Waals surface area contributed by atoms with E-state index in [-0.39, 0.29) is 17.2 Å².